The lowest BCUT2D eigenvalue weighted by atomic mass is 10.1. The van der Waals surface area contributed by atoms with Crippen LogP contribution in [0, 0.1) is 0 Å². The number of hydrogen-bond donors (Lipinski definition) is 0. The molecular weight excluding hydrogens is 266 g/mol. The molecule has 0 fully saturated rings. The Labute approximate surface area is 113 Å². The standard InChI is InChI=1S/C13H10ClN3O2/c1-16-10-6-8(14)4-3-7(10)5-9-11(16)15-13(19)17(2)12(9)18/h3-6H,1-2H3. The normalized spacial score (nSPS) is 11.3. The minimum absolute atomic E-state index is 0.345. The van der Waals surface area contributed by atoms with E-state index in [1.165, 1.54) is 7.05 Å². The quantitative estimate of drug-likeness (QED) is 0.583. The monoisotopic (exact) mass is 275 g/mol. The third-order valence-electron chi connectivity index (χ3n) is 3.24. The number of rotatable bonds is 0. The highest BCUT2D eigenvalue weighted by Crippen LogP contribution is 2.25. The maximum Gasteiger partial charge on any atom is 0.352 e. The summed E-state index contributed by atoms with van der Waals surface area (Å²) in [4.78, 5) is 27.7. The van der Waals surface area contributed by atoms with Gasteiger partial charge in [-0.05, 0) is 23.6 Å². The third kappa shape index (κ3) is 1.66. The van der Waals surface area contributed by atoms with Crippen molar-refractivity contribution in [2.45, 2.75) is 0 Å². The summed E-state index contributed by atoms with van der Waals surface area (Å²) in [6.45, 7) is 0. The molecule has 0 aliphatic carbocycles. The fraction of sp³-hybridized carbons (Fsp3) is 0.154. The molecule has 0 saturated carbocycles. The van der Waals surface area contributed by atoms with Crippen LogP contribution in [0.15, 0.2) is 33.9 Å². The molecule has 96 valence electrons. The molecule has 0 unspecified atom stereocenters. The van der Waals surface area contributed by atoms with Crippen molar-refractivity contribution < 1.29 is 0 Å². The van der Waals surface area contributed by atoms with Gasteiger partial charge in [-0.25, -0.2) is 4.79 Å². The molecule has 5 nitrogen and oxygen atoms in total. The van der Waals surface area contributed by atoms with Gasteiger partial charge in [0.05, 0.1) is 11.1 Å². The van der Waals surface area contributed by atoms with Gasteiger partial charge in [-0.1, -0.05) is 17.7 Å². The molecule has 2 aliphatic rings. The van der Waals surface area contributed by atoms with Crippen LogP contribution in [0.2, 0.25) is 5.02 Å². The van der Waals surface area contributed by atoms with Gasteiger partial charge in [0.15, 0.2) is 5.82 Å². The first-order valence-electron chi connectivity index (χ1n) is 5.65. The molecule has 0 atom stereocenters. The smallest absolute Gasteiger partial charge is 0.328 e. The Morgan fingerprint density at radius 3 is 2.58 bits per heavy atom. The maximum absolute atomic E-state index is 12.1. The molecule has 3 rings (SSSR count). The van der Waals surface area contributed by atoms with Crippen LogP contribution >= 0.6 is 11.6 Å². The summed E-state index contributed by atoms with van der Waals surface area (Å²) in [6, 6.07) is 7.10. The van der Waals surface area contributed by atoms with Crippen molar-refractivity contribution in [3.8, 4) is 11.4 Å². The summed E-state index contributed by atoms with van der Waals surface area (Å²) in [5.41, 5.74) is 0.330. The Balaban J connectivity index is 2.62. The first kappa shape index (κ1) is 11.9. The Bertz CT molecular complexity index is 895. The Morgan fingerprint density at radius 2 is 1.84 bits per heavy atom. The van der Waals surface area contributed by atoms with Crippen LogP contribution in [-0.4, -0.2) is 14.1 Å². The van der Waals surface area contributed by atoms with Gasteiger partial charge in [0.1, 0.15) is 0 Å². The van der Waals surface area contributed by atoms with Crippen LogP contribution in [0.5, 0.6) is 0 Å². The van der Waals surface area contributed by atoms with Gasteiger partial charge in [-0.3, -0.25) is 9.36 Å². The van der Waals surface area contributed by atoms with Gasteiger partial charge in [0.25, 0.3) is 5.56 Å². The number of nitrogens with zero attached hydrogens (tertiary/aromatic N) is 3. The molecule has 0 radical (unpaired) electrons. The van der Waals surface area contributed by atoms with Crippen molar-refractivity contribution in [2.24, 2.45) is 14.1 Å². The minimum atomic E-state index is -0.561. The highest BCUT2D eigenvalue weighted by atomic mass is 35.5. The fourth-order valence-electron chi connectivity index (χ4n) is 2.17. The van der Waals surface area contributed by atoms with Crippen LogP contribution in [0.3, 0.4) is 0 Å². The Hall–Kier alpha value is -2.14. The summed E-state index contributed by atoms with van der Waals surface area (Å²) >= 11 is 5.97. The lowest BCUT2D eigenvalue weighted by Crippen LogP contribution is -2.35. The summed E-state index contributed by atoms with van der Waals surface area (Å²) in [5, 5.41) is 1.46. The average Bonchev–Trinajstić information content (AvgIpc) is 2.39. The fourth-order valence-corrected chi connectivity index (χ4v) is 2.34. The van der Waals surface area contributed by atoms with Crippen LogP contribution < -0.4 is 11.2 Å². The zero-order chi connectivity index (χ0) is 13.7. The number of halogens is 1. The van der Waals surface area contributed by atoms with Crippen molar-refractivity contribution in [2.75, 3.05) is 0 Å². The predicted molar refractivity (Wildman–Crippen MR) is 73.9 cm³/mol. The highest BCUT2D eigenvalue weighted by molar-refractivity contribution is 6.31. The van der Waals surface area contributed by atoms with E-state index < -0.39 is 5.69 Å². The first-order chi connectivity index (χ1) is 8.99. The van der Waals surface area contributed by atoms with Gasteiger partial charge in [0, 0.05) is 19.1 Å². The van der Waals surface area contributed by atoms with E-state index in [0.717, 1.165) is 15.5 Å². The lowest BCUT2D eigenvalue weighted by molar-refractivity contribution is 0.757. The minimum Gasteiger partial charge on any atom is -0.328 e. The number of hydrogen-bond acceptors (Lipinski definition) is 3. The second kappa shape index (κ2) is 3.93. The lowest BCUT2D eigenvalue weighted by Gasteiger charge is -2.14. The molecule has 0 amide bonds. The van der Waals surface area contributed by atoms with Crippen molar-refractivity contribution >= 4 is 22.5 Å². The third-order valence-corrected chi connectivity index (χ3v) is 3.47. The van der Waals surface area contributed by atoms with E-state index in [2.05, 4.69) is 4.98 Å². The number of fused-ring (bicyclic) bond motifs is 2. The van der Waals surface area contributed by atoms with E-state index in [0.29, 0.717) is 16.4 Å². The van der Waals surface area contributed by atoms with Gasteiger partial charge < -0.3 is 4.57 Å². The zero-order valence-electron chi connectivity index (χ0n) is 10.3. The summed E-state index contributed by atoms with van der Waals surface area (Å²) in [7, 11) is 3.18. The second-order valence-electron chi connectivity index (χ2n) is 4.40. The largest absolute Gasteiger partial charge is 0.352 e. The predicted octanol–water partition coefficient (Wildman–Crippen LogP) is 1.39. The molecule has 1 aromatic carbocycles. The molecule has 0 aromatic heterocycles. The Kier molecular flexibility index (Phi) is 2.46. The van der Waals surface area contributed by atoms with Crippen molar-refractivity contribution in [1.82, 2.24) is 14.1 Å². The molecule has 0 spiro atoms. The molecule has 2 heterocycles. The SMILES string of the molecule is Cn1c(=O)nc2n(C)c3cc(Cl)ccc3cc-2c1=O. The van der Waals surface area contributed by atoms with Gasteiger partial charge in [-0.15, -0.1) is 0 Å². The van der Waals surface area contributed by atoms with Crippen molar-refractivity contribution in [3.05, 3.63) is 50.1 Å². The molecule has 0 bridgehead atoms. The second-order valence-corrected chi connectivity index (χ2v) is 4.84. The van der Waals surface area contributed by atoms with E-state index >= 15 is 0 Å². The number of aryl methyl sites for hydroxylation is 1. The number of pyridine rings is 1. The molecular formula is C13H10ClN3O2. The molecule has 2 aliphatic heterocycles. The number of aromatic nitrogens is 3. The van der Waals surface area contributed by atoms with Crippen LogP contribution in [0.25, 0.3) is 22.3 Å². The van der Waals surface area contributed by atoms with E-state index in [1.54, 1.807) is 29.8 Å². The van der Waals surface area contributed by atoms with E-state index in [4.69, 9.17) is 11.6 Å². The van der Waals surface area contributed by atoms with Crippen LogP contribution in [0.4, 0.5) is 0 Å². The van der Waals surface area contributed by atoms with Gasteiger partial charge in [-0.2, -0.15) is 4.98 Å². The maximum atomic E-state index is 12.1. The zero-order valence-corrected chi connectivity index (χ0v) is 11.1. The van der Waals surface area contributed by atoms with Crippen molar-refractivity contribution in [1.29, 1.82) is 0 Å². The first-order valence-corrected chi connectivity index (χ1v) is 6.03. The van der Waals surface area contributed by atoms with E-state index in [1.807, 2.05) is 6.07 Å². The molecule has 6 heteroatoms. The highest BCUT2D eigenvalue weighted by Gasteiger charge is 2.16. The Morgan fingerprint density at radius 1 is 1.11 bits per heavy atom. The summed E-state index contributed by atoms with van der Waals surface area (Å²) < 4.78 is 2.71. The van der Waals surface area contributed by atoms with E-state index in [9.17, 15) is 9.59 Å². The van der Waals surface area contributed by atoms with Crippen LogP contribution in [0.1, 0.15) is 0 Å². The molecule has 0 saturated heterocycles. The summed E-state index contributed by atoms with van der Waals surface area (Å²) in [5.74, 6) is 0.364. The number of benzene rings is 1. The van der Waals surface area contributed by atoms with Crippen molar-refractivity contribution in [3.63, 3.8) is 0 Å². The summed E-state index contributed by atoms with van der Waals surface area (Å²) in [6.07, 6.45) is 0. The average molecular weight is 276 g/mol. The molecule has 19 heavy (non-hydrogen) atoms. The molecule has 0 N–H and O–H groups in total. The van der Waals surface area contributed by atoms with Crippen LogP contribution in [-0.2, 0) is 14.1 Å². The van der Waals surface area contributed by atoms with Gasteiger partial charge in [0.2, 0.25) is 0 Å². The van der Waals surface area contributed by atoms with E-state index in [-0.39, 0.29) is 5.56 Å². The molecule has 1 aromatic rings. The topological polar surface area (TPSA) is 56.9 Å². The van der Waals surface area contributed by atoms with Gasteiger partial charge >= 0.3 is 5.69 Å².